The predicted octanol–water partition coefficient (Wildman–Crippen LogP) is 4.35. The quantitative estimate of drug-likeness (QED) is 0.363. The number of benzene rings is 3. The molecule has 0 heterocycles. The Morgan fingerprint density at radius 2 is 1.59 bits per heavy atom. The first-order valence-electron chi connectivity index (χ1n) is 10.3. The molecule has 32 heavy (non-hydrogen) atoms. The molecule has 0 bridgehead atoms. The average Bonchev–Trinajstić information content (AvgIpc) is 3.62. The molecule has 2 amide bonds. The molecule has 4 rings (SSSR count). The smallest absolute Gasteiger partial charge is 0.293 e. The number of carbonyl (C=O) groups is 2. The number of amides is 2. The van der Waals surface area contributed by atoms with Crippen LogP contribution in [0.15, 0.2) is 72.8 Å². The van der Waals surface area contributed by atoms with Crippen molar-refractivity contribution in [3.05, 3.63) is 99.6 Å². The number of anilines is 2. The number of hydrogen-bond acceptors (Lipinski definition) is 5. The van der Waals surface area contributed by atoms with Crippen LogP contribution in [0.1, 0.15) is 39.1 Å². The Kier molecular flexibility index (Phi) is 6.12. The van der Waals surface area contributed by atoms with E-state index in [1.807, 2.05) is 30.3 Å². The first kappa shape index (κ1) is 21.0. The molecule has 1 fully saturated rings. The van der Waals surface area contributed by atoms with Crippen molar-refractivity contribution >= 4 is 28.9 Å². The number of nitrogens with zero attached hydrogens (tertiary/aromatic N) is 1. The topological polar surface area (TPSA) is 113 Å². The molecule has 0 atom stereocenters. The molecule has 0 saturated heterocycles. The maximum Gasteiger partial charge on any atom is 0.293 e. The van der Waals surface area contributed by atoms with Crippen LogP contribution in [-0.2, 0) is 6.54 Å². The van der Waals surface area contributed by atoms with Gasteiger partial charge in [-0.25, -0.2) is 0 Å². The van der Waals surface area contributed by atoms with Gasteiger partial charge in [0.2, 0.25) is 0 Å². The molecule has 1 saturated carbocycles. The highest BCUT2D eigenvalue weighted by molar-refractivity contribution is 6.05. The van der Waals surface area contributed by atoms with Gasteiger partial charge in [0.1, 0.15) is 5.69 Å². The number of nitrogens with one attached hydrogen (secondary N) is 3. The van der Waals surface area contributed by atoms with Gasteiger partial charge < -0.3 is 16.0 Å². The van der Waals surface area contributed by atoms with Crippen LogP contribution in [0.3, 0.4) is 0 Å². The van der Waals surface area contributed by atoms with E-state index in [4.69, 9.17) is 0 Å². The lowest BCUT2D eigenvalue weighted by Crippen LogP contribution is -2.25. The maximum atomic E-state index is 12.6. The number of hydrogen-bond donors (Lipinski definition) is 3. The van der Waals surface area contributed by atoms with Gasteiger partial charge in [0.05, 0.1) is 4.92 Å². The van der Waals surface area contributed by atoms with E-state index in [0.717, 1.165) is 18.4 Å². The van der Waals surface area contributed by atoms with Crippen molar-refractivity contribution in [2.45, 2.75) is 25.4 Å². The van der Waals surface area contributed by atoms with Gasteiger partial charge in [0, 0.05) is 35.5 Å². The number of rotatable bonds is 8. The van der Waals surface area contributed by atoms with Crippen LogP contribution in [0.2, 0.25) is 0 Å². The van der Waals surface area contributed by atoms with Crippen LogP contribution in [-0.4, -0.2) is 22.8 Å². The van der Waals surface area contributed by atoms with Crippen molar-refractivity contribution in [2.24, 2.45) is 0 Å². The average molecular weight is 430 g/mol. The standard InChI is InChI=1S/C24H22N4O4/c29-23(26-20-11-12-20)17-6-9-19(10-7-17)27-24(30)18-8-13-21(22(14-18)28(31)32)25-15-16-4-2-1-3-5-16/h1-10,13-14,20,25H,11-12,15H2,(H,26,29)(H,27,30). The first-order chi connectivity index (χ1) is 15.5. The lowest BCUT2D eigenvalue weighted by Gasteiger charge is -2.10. The largest absolute Gasteiger partial charge is 0.375 e. The van der Waals surface area contributed by atoms with E-state index < -0.39 is 10.8 Å². The van der Waals surface area contributed by atoms with Crippen LogP contribution >= 0.6 is 0 Å². The van der Waals surface area contributed by atoms with Crippen molar-refractivity contribution in [1.29, 1.82) is 0 Å². The minimum Gasteiger partial charge on any atom is -0.375 e. The zero-order valence-electron chi connectivity index (χ0n) is 17.2. The number of nitro benzene ring substituents is 1. The highest BCUT2D eigenvalue weighted by atomic mass is 16.6. The first-order valence-corrected chi connectivity index (χ1v) is 10.3. The van der Waals surface area contributed by atoms with Crippen molar-refractivity contribution < 1.29 is 14.5 Å². The van der Waals surface area contributed by atoms with Crippen LogP contribution in [0, 0.1) is 10.1 Å². The minimum absolute atomic E-state index is 0.139. The molecule has 8 nitrogen and oxygen atoms in total. The van der Waals surface area contributed by atoms with Crippen LogP contribution in [0.25, 0.3) is 0 Å². The van der Waals surface area contributed by atoms with Crippen molar-refractivity contribution in [3.63, 3.8) is 0 Å². The molecule has 3 aromatic rings. The Morgan fingerprint density at radius 1 is 0.906 bits per heavy atom. The molecular weight excluding hydrogens is 408 g/mol. The molecule has 0 radical (unpaired) electrons. The monoisotopic (exact) mass is 430 g/mol. The molecule has 162 valence electrons. The fourth-order valence-corrected chi connectivity index (χ4v) is 3.17. The van der Waals surface area contributed by atoms with Crippen molar-refractivity contribution in [2.75, 3.05) is 10.6 Å². The molecule has 1 aliphatic rings. The SMILES string of the molecule is O=C(Nc1ccc(C(=O)NC2CC2)cc1)c1ccc(NCc2ccccc2)c([N+](=O)[O-])c1. The molecule has 1 aliphatic carbocycles. The molecule has 8 heteroatoms. The second-order valence-corrected chi connectivity index (χ2v) is 7.61. The highest BCUT2D eigenvalue weighted by Crippen LogP contribution is 2.27. The van der Waals surface area contributed by atoms with Gasteiger partial charge in [-0.15, -0.1) is 0 Å². The molecule has 3 N–H and O–H groups in total. The second kappa shape index (κ2) is 9.30. The molecular formula is C24H22N4O4. The molecule has 3 aromatic carbocycles. The molecule has 0 aromatic heterocycles. The van der Waals surface area contributed by atoms with Gasteiger partial charge in [0.25, 0.3) is 17.5 Å². The Hall–Kier alpha value is -4.20. The van der Waals surface area contributed by atoms with Crippen molar-refractivity contribution in [1.82, 2.24) is 5.32 Å². The fourth-order valence-electron chi connectivity index (χ4n) is 3.17. The summed E-state index contributed by atoms with van der Waals surface area (Å²) in [7, 11) is 0. The van der Waals surface area contributed by atoms with E-state index in [1.165, 1.54) is 18.2 Å². The highest BCUT2D eigenvalue weighted by Gasteiger charge is 2.23. The van der Waals surface area contributed by atoms with Crippen LogP contribution in [0.4, 0.5) is 17.1 Å². The number of carbonyl (C=O) groups excluding carboxylic acids is 2. The van der Waals surface area contributed by atoms with Gasteiger partial charge in [-0.2, -0.15) is 0 Å². The summed E-state index contributed by atoms with van der Waals surface area (Å²) in [5.74, 6) is -0.613. The fraction of sp³-hybridized carbons (Fsp3) is 0.167. The van der Waals surface area contributed by atoms with E-state index in [2.05, 4.69) is 16.0 Å². The van der Waals surface area contributed by atoms with E-state index >= 15 is 0 Å². The van der Waals surface area contributed by atoms with Crippen LogP contribution in [0.5, 0.6) is 0 Å². The van der Waals surface area contributed by atoms with E-state index in [9.17, 15) is 19.7 Å². The van der Waals surface area contributed by atoms with E-state index in [-0.39, 0.29) is 23.2 Å². The summed E-state index contributed by atoms with van der Waals surface area (Å²) < 4.78 is 0. The zero-order valence-corrected chi connectivity index (χ0v) is 17.2. The third-order valence-electron chi connectivity index (χ3n) is 5.10. The van der Waals surface area contributed by atoms with Gasteiger partial charge >= 0.3 is 0 Å². The second-order valence-electron chi connectivity index (χ2n) is 7.61. The third kappa shape index (κ3) is 5.28. The van der Waals surface area contributed by atoms with Gasteiger partial charge in [-0.3, -0.25) is 19.7 Å². The van der Waals surface area contributed by atoms with Gasteiger partial charge in [-0.1, -0.05) is 30.3 Å². The lowest BCUT2D eigenvalue weighted by molar-refractivity contribution is -0.384. The Morgan fingerprint density at radius 3 is 2.25 bits per heavy atom. The summed E-state index contributed by atoms with van der Waals surface area (Å²) in [4.78, 5) is 35.7. The third-order valence-corrected chi connectivity index (χ3v) is 5.10. The Labute approximate surface area is 184 Å². The summed E-state index contributed by atoms with van der Waals surface area (Å²) in [6.07, 6.45) is 2.01. The maximum absolute atomic E-state index is 12.6. The van der Waals surface area contributed by atoms with E-state index in [1.54, 1.807) is 24.3 Å². The van der Waals surface area contributed by atoms with Crippen LogP contribution < -0.4 is 16.0 Å². The summed E-state index contributed by atoms with van der Waals surface area (Å²) in [5, 5.41) is 20.2. The Balaban J connectivity index is 1.43. The van der Waals surface area contributed by atoms with E-state index in [0.29, 0.717) is 23.5 Å². The Bertz CT molecular complexity index is 1140. The molecule has 0 unspecified atom stereocenters. The summed E-state index contributed by atoms with van der Waals surface area (Å²) in [6.45, 7) is 0.424. The molecule has 0 spiro atoms. The summed E-state index contributed by atoms with van der Waals surface area (Å²) in [6, 6.07) is 20.6. The summed E-state index contributed by atoms with van der Waals surface area (Å²) in [5.41, 5.74) is 2.31. The van der Waals surface area contributed by atoms with Gasteiger partial charge in [-0.05, 0) is 54.8 Å². The summed E-state index contributed by atoms with van der Waals surface area (Å²) >= 11 is 0. The molecule has 0 aliphatic heterocycles. The number of nitro groups is 1. The predicted molar refractivity (Wildman–Crippen MR) is 122 cm³/mol. The minimum atomic E-state index is -0.516. The van der Waals surface area contributed by atoms with Crippen molar-refractivity contribution in [3.8, 4) is 0 Å². The normalized spacial score (nSPS) is 12.6. The lowest BCUT2D eigenvalue weighted by atomic mass is 10.1. The van der Waals surface area contributed by atoms with Gasteiger partial charge in [0.15, 0.2) is 0 Å². The zero-order chi connectivity index (χ0) is 22.5.